The van der Waals surface area contributed by atoms with Gasteiger partial charge in [0.15, 0.2) is 0 Å². The lowest BCUT2D eigenvalue weighted by Gasteiger charge is -2.18. The first-order valence-corrected chi connectivity index (χ1v) is 9.80. The van der Waals surface area contributed by atoms with Gasteiger partial charge in [-0.05, 0) is 23.6 Å². The van der Waals surface area contributed by atoms with E-state index in [0.717, 1.165) is 27.0 Å². The second-order valence-corrected chi connectivity index (χ2v) is 7.78. The SMILES string of the molecule is COc1cc(C(C)C)c2c(=O)n(C(Oc3ccn[nH]3)c3ccccc3)sc2c1. The van der Waals surface area contributed by atoms with Crippen molar-refractivity contribution in [2.24, 2.45) is 0 Å². The van der Waals surface area contributed by atoms with Crippen LogP contribution in [0.25, 0.3) is 10.1 Å². The van der Waals surface area contributed by atoms with Crippen LogP contribution in [0.3, 0.4) is 0 Å². The molecule has 28 heavy (non-hydrogen) atoms. The third kappa shape index (κ3) is 3.29. The number of aromatic nitrogens is 3. The number of H-pyrrole nitrogens is 1. The summed E-state index contributed by atoms with van der Waals surface area (Å²) in [6.45, 7) is 4.15. The molecular formula is C21H21N3O3S. The summed E-state index contributed by atoms with van der Waals surface area (Å²) >= 11 is 1.37. The Balaban J connectivity index is 1.92. The van der Waals surface area contributed by atoms with E-state index >= 15 is 0 Å². The number of rotatable bonds is 6. The summed E-state index contributed by atoms with van der Waals surface area (Å²) < 4.78 is 14.1. The van der Waals surface area contributed by atoms with Crippen LogP contribution in [0.5, 0.6) is 11.6 Å². The van der Waals surface area contributed by atoms with Gasteiger partial charge in [0.25, 0.3) is 5.56 Å². The number of hydrogen-bond donors (Lipinski definition) is 1. The number of aromatic amines is 1. The third-order valence-electron chi connectivity index (χ3n) is 4.59. The van der Waals surface area contributed by atoms with Gasteiger partial charge in [-0.15, -0.1) is 0 Å². The Morgan fingerprint density at radius 1 is 1.14 bits per heavy atom. The zero-order chi connectivity index (χ0) is 19.7. The van der Waals surface area contributed by atoms with E-state index in [1.165, 1.54) is 11.5 Å². The van der Waals surface area contributed by atoms with Crippen LogP contribution in [-0.4, -0.2) is 21.3 Å². The smallest absolute Gasteiger partial charge is 0.272 e. The van der Waals surface area contributed by atoms with Crippen molar-refractivity contribution in [1.29, 1.82) is 0 Å². The largest absolute Gasteiger partial charge is 0.497 e. The molecule has 1 N–H and O–H groups in total. The van der Waals surface area contributed by atoms with Crippen molar-refractivity contribution in [2.75, 3.05) is 7.11 Å². The van der Waals surface area contributed by atoms with Gasteiger partial charge in [0, 0.05) is 11.6 Å². The molecule has 0 bridgehead atoms. The molecule has 2 aromatic heterocycles. The summed E-state index contributed by atoms with van der Waals surface area (Å²) in [5.74, 6) is 1.44. The van der Waals surface area contributed by atoms with E-state index in [-0.39, 0.29) is 11.5 Å². The highest BCUT2D eigenvalue weighted by molar-refractivity contribution is 7.14. The molecular weight excluding hydrogens is 374 g/mol. The number of fused-ring (bicyclic) bond motifs is 1. The maximum absolute atomic E-state index is 13.4. The van der Waals surface area contributed by atoms with Crippen LogP contribution < -0.4 is 15.0 Å². The van der Waals surface area contributed by atoms with Crippen LogP contribution in [-0.2, 0) is 0 Å². The fourth-order valence-corrected chi connectivity index (χ4v) is 4.31. The first-order chi connectivity index (χ1) is 13.6. The molecule has 2 aromatic carbocycles. The number of nitrogens with one attached hydrogen (secondary N) is 1. The zero-order valence-electron chi connectivity index (χ0n) is 15.9. The first-order valence-electron chi connectivity index (χ1n) is 9.03. The second kappa shape index (κ2) is 7.52. The molecule has 0 saturated carbocycles. The van der Waals surface area contributed by atoms with Crippen molar-refractivity contribution in [3.63, 3.8) is 0 Å². The van der Waals surface area contributed by atoms with Crippen LogP contribution in [0.4, 0.5) is 0 Å². The minimum Gasteiger partial charge on any atom is -0.497 e. The highest BCUT2D eigenvalue weighted by atomic mass is 32.1. The minimum absolute atomic E-state index is 0.0697. The Hall–Kier alpha value is -3.06. The molecule has 0 spiro atoms. The van der Waals surface area contributed by atoms with Crippen LogP contribution in [0.1, 0.15) is 37.1 Å². The van der Waals surface area contributed by atoms with E-state index in [2.05, 4.69) is 24.0 Å². The van der Waals surface area contributed by atoms with Gasteiger partial charge in [-0.25, -0.2) is 9.06 Å². The first kappa shape index (κ1) is 18.3. The van der Waals surface area contributed by atoms with E-state index in [9.17, 15) is 4.79 Å². The molecule has 1 unspecified atom stereocenters. The average molecular weight is 395 g/mol. The molecule has 1 atom stereocenters. The molecule has 0 amide bonds. The summed E-state index contributed by atoms with van der Waals surface area (Å²) in [5.41, 5.74) is 1.78. The lowest BCUT2D eigenvalue weighted by molar-refractivity contribution is 0.174. The van der Waals surface area contributed by atoms with Crippen molar-refractivity contribution >= 4 is 21.6 Å². The van der Waals surface area contributed by atoms with Crippen molar-refractivity contribution in [2.45, 2.75) is 26.0 Å². The molecule has 0 aliphatic heterocycles. The molecule has 6 nitrogen and oxygen atoms in total. The predicted octanol–water partition coefficient (Wildman–Crippen LogP) is 4.54. The van der Waals surface area contributed by atoms with Gasteiger partial charge in [-0.3, -0.25) is 4.79 Å². The van der Waals surface area contributed by atoms with E-state index in [1.54, 1.807) is 23.3 Å². The molecule has 4 rings (SSSR count). The van der Waals surface area contributed by atoms with Gasteiger partial charge in [-0.1, -0.05) is 55.7 Å². The zero-order valence-corrected chi connectivity index (χ0v) is 16.7. The molecule has 144 valence electrons. The van der Waals surface area contributed by atoms with E-state index in [0.29, 0.717) is 5.88 Å². The summed E-state index contributed by atoms with van der Waals surface area (Å²) in [7, 11) is 1.64. The van der Waals surface area contributed by atoms with Crippen molar-refractivity contribution in [3.05, 3.63) is 76.2 Å². The van der Waals surface area contributed by atoms with Gasteiger partial charge < -0.3 is 9.47 Å². The summed E-state index contributed by atoms with van der Waals surface area (Å²) in [4.78, 5) is 13.4. The Bertz CT molecular complexity index is 1130. The Morgan fingerprint density at radius 2 is 1.93 bits per heavy atom. The van der Waals surface area contributed by atoms with E-state index in [1.807, 2.05) is 42.5 Å². The van der Waals surface area contributed by atoms with Crippen LogP contribution >= 0.6 is 11.5 Å². The average Bonchev–Trinajstić information content (AvgIpc) is 3.34. The summed E-state index contributed by atoms with van der Waals surface area (Å²) in [6.07, 6.45) is 1.02. The fraction of sp³-hybridized carbons (Fsp3) is 0.238. The molecule has 0 aliphatic carbocycles. The Morgan fingerprint density at radius 3 is 2.57 bits per heavy atom. The normalized spacial score (nSPS) is 12.4. The summed E-state index contributed by atoms with van der Waals surface area (Å²) in [5, 5.41) is 7.46. The van der Waals surface area contributed by atoms with Gasteiger partial charge in [-0.2, -0.15) is 5.10 Å². The Kier molecular flexibility index (Phi) is 4.92. The molecule has 2 heterocycles. The maximum atomic E-state index is 13.4. The second-order valence-electron chi connectivity index (χ2n) is 6.77. The van der Waals surface area contributed by atoms with Crippen LogP contribution in [0.2, 0.25) is 0 Å². The van der Waals surface area contributed by atoms with Gasteiger partial charge >= 0.3 is 0 Å². The standard InChI is InChI=1S/C21H21N3O3S/c1-13(2)16-11-15(26-3)12-17-19(16)20(25)24(28-17)21(14-7-5-4-6-8-14)27-18-9-10-22-23-18/h4-13,21H,1-3H3,(H,22,23). The monoisotopic (exact) mass is 395 g/mol. The molecule has 7 heteroatoms. The van der Waals surface area contributed by atoms with Gasteiger partial charge in [0.2, 0.25) is 12.1 Å². The predicted molar refractivity (Wildman–Crippen MR) is 111 cm³/mol. The number of benzene rings is 2. The third-order valence-corrected chi connectivity index (χ3v) is 5.66. The molecule has 0 aliphatic rings. The number of methoxy groups -OCH3 is 1. The van der Waals surface area contributed by atoms with E-state index < -0.39 is 6.23 Å². The quantitative estimate of drug-likeness (QED) is 0.520. The minimum atomic E-state index is -0.599. The lowest BCUT2D eigenvalue weighted by Crippen LogP contribution is -2.25. The van der Waals surface area contributed by atoms with Crippen LogP contribution in [0.15, 0.2) is 59.5 Å². The molecule has 4 aromatic rings. The summed E-state index contributed by atoms with van der Waals surface area (Å²) in [6, 6.07) is 15.3. The lowest BCUT2D eigenvalue weighted by atomic mass is 9.99. The topological polar surface area (TPSA) is 69.1 Å². The van der Waals surface area contributed by atoms with Gasteiger partial charge in [0.05, 0.1) is 23.4 Å². The van der Waals surface area contributed by atoms with Crippen molar-refractivity contribution < 1.29 is 9.47 Å². The number of hydrogen-bond acceptors (Lipinski definition) is 5. The number of nitrogens with zero attached hydrogens (tertiary/aromatic N) is 2. The highest BCUT2D eigenvalue weighted by Gasteiger charge is 2.24. The molecule has 0 radical (unpaired) electrons. The van der Waals surface area contributed by atoms with Crippen molar-refractivity contribution in [3.8, 4) is 11.6 Å². The fourth-order valence-electron chi connectivity index (χ4n) is 3.19. The molecule has 0 saturated heterocycles. The highest BCUT2D eigenvalue weighted by Crippen LogP contribution is 2.33. The maximum Gasteiger partial charge on any atom is 0.272 e. The van der Waals surface area contributed by atoms with Gasteiger partial charge in [0.1, 0.15) is 5.75 Å². The number of ether oxygens (including phenoxy) is 2. The van der Waals surface area contributed by atoms with E-state index in [4.69, 9.17) is 9.47 Å². The van der Waals surface area contributed by atoms with Crippen LogP contribution in [0, 0.1) is 0 Å². The Labute approximate surface area is 166 Å². The molecule has 0 fully saturated rings. The van der Waals surface area contributed by atoms with Crippen molar-refractivity contribution in [1.82, 2.24) is 14.2 Å².